The van der Waals surface area contributed by atoms with Crippen LogP contribution >= 0.6 is 0 Å². The fourth-order valence-electron chi connectivity index (χ4n) is 1.32. The van der Waals surface area contributed by atoms with Gasteiger partial charge in [0.1, 0.15) is 5.82 Å². The molecule has 0 atom stereocenters. The quantitative estimate of drug-likeness (QED) is 0.728. The Morgan fingerprint density at radius 1 is 1.54 bits per heavy atom. The van der Waals surface area contributed by atoms with Gasteiger partial charge in [-0.25, -0.2) is 9.97 Å². The predicted octanol–water partition coefficient (Wildman–Crippen LogP) is 1.49. The van der Waals surface area contributed by atoms with Crippen LogP contribution in [-0.2, 0) is 6.42 Å². The minimum Gasteiger partial charge on any atom is -0.397 e. The molecule has 0 fully saturated rings. The number of hydrogen-bond donors (Lipinski definition) is 2. The Balaban J connectivity index is 2.49. The van der Waals surface area contributed by atoms with Crippen molar-refractivity contribution in [3.63, 3.8) is 0 Å². The molecule has 2 aromatic rings. The van der Waals surface area contributed by atoms with Crippen molar-refractivity contribution in [2.75, 3.05) is 5.73 Å². The number of fused-ring (bicyclic) bond motifs is 1. The second-order valence-corrected chi connectivity index (χ2v) is 3.07. The van der Waals surface area contributed by atoms with Gasteiger partial charge in [0.25, 0.3) is 0 Å². The third-order valence-electron chi connectivity index (χ3n) is 1.89. The van der Waals surface area contributed by atoms with E-state index in [0.717, 1.165) is 29.8 Å². The van der Waals surface area contributed by atoms with E-state index < -0.39 is 0 Å². The van der Waals surface area contributed by atoms with Gasteiger partial charge >= 0.3 is 0 Å². The number of nitrogens with one attached hydrogen (secondary N) is 1. The first-order chi connectivity index (χ1) is 6.29. The normalized spacial score (nSPS) is 10.8. The number of nitrogen functional groups attached to an aromatic ring is 1. The minimum atomic E-state index is 0.666. The van der Waals surface area contributed by atoms with E-state index >= 15 is 0 Å². The summed E-state index contributed by atoms with van der Waals surface area (Å²) in [6.45, 7) is 2.12. The SMILES string of the molecule is CCCc1nc2ncc(N)cc2[nH]1. The van der Waals surface area contributed by atoms with Gasteiger partial charge < -0.3 is 10.7 Å². The Morgan fingerprint density at radius 2 is 2.38 bits per heavy atom. The van der Waals surface area contributed by atoms with Gasteiger partial charge in [0.05, 0.1) is 17.4 Å². The van der Waals surface area contributed by atoms with Crippen LogP contribution in [0, 0.1) is 0 Å². The summed E-state index contributed by atoms with van der Waals surface area (Å²) in [5.41, 5.74) is 7.93. The van der Waals surface area contributed by atoms with E-state index in [4.69, 9.17) is 5.73 Å². The number of nitrogens with two attached hydrogens (primary N) is 1. The molecule has 0 aliphatic rings. The molecule has 0 saturated carbocycles. The molecule has 13 heavy (non-hydrogen) atoms. The average molecular weight is 176 g/mol. The molecular weight excluding hydrogens is 164 g/mol. The summed E-state index contributed by atoms with van der Waals surface area (Å²) in [7, 11) is 0. The van der Waals surface area contributed by atoms with Crippen molar-refractivity contribution in [3.8, 4) is 0 Å². The Labute approximate surface area is 76.2 Å². The summed E-state index contributed by atoms with van der Waals surface area (Å²) in [5.74, 6) is 0.982. The largest absolute Gasteiger partial charge is 0.397 e. The van der Waals surface area contributed by atoms with Gasteiger partial charge in [-0.05, 0) is 12.5 Å². The number of aromatic nitrogens is 3. The number of pyridine rings is 1. The molecule has 0 saturated heterocycles. The maximum absolute atomic E-state index is 5.60. The van der Waals surface area contributed by atoms with E-state index in [1.807, 2.05) is 6.07 Å². The fourth-order valence-corrected chi connectivity index (χ4v) is 1.32. The molecule has 0 bridgehead atoms. The molecule has 0 radical (unpaired) electrons. The molecule has 0 aliphatic heterocycles. The van der Waals surface area contributed by atoms with Crippen LogP contribution in [0.5, 0.6) is 0 Å². The summed E-state index contributed by atoms with van der Waals surface area (Å²) in [5, 5.41) is 0. The monoisotopic (exact) mass is 176 g/mol. The van der Waals surface area contributed by atoms with E-state index in [1.54, 1.807) is 6.20 Å². The molecule has 0 unspecified atom stereocenters. The zero-order valence-electron chi connectivity index (χ0n) is 7.54. The van der Waals surface area contributed by atoms with Crippen molar-refractivity contribution in [2.45, 2.75) is 19.8 Å². The number of H-pyrrole nitrogens is 1. The number of aromatic amines is 1. The fraction of sp³-hybridized carbons (Fsp3) is 0.333. The van der Waals surface area contributed by atoms with Crippen LogP contribution in [0.2, 0.25) is 0 Å². The predicted molar refractivity (Wildman–Crippen MR) is 52.3 cm³/mol. The lowest BCUT2D eigenvalue weighted by atomic mass is 10.3. The lowest BCUT2D eigenvalue weighted by molar-refractivity contribution is 0.860. The second-order valence-electron chi connectivity index (χ2n) is 3.07. The molecule has 4 heteroatoms. The molecular formula is C9H12N4. The summed E-state index contributed by atoms with van der Waals surface area (Å²) in [6.07, 6.45) is 3.66. The van der Waals surface area contributed by atoms with Gasteiger partial charge in [0.2, 0.25) is 0 Å². The highest BCUT2D eigenvalue weighted by Gasteiger charge is 2.02. The van der Waals surface area contributed by atoms with Gasteiger partial charge in [0, 0.05) is 6.42 Å². The molecule has 0 aliphatic carbocycles. The Morgan fingerprint density at radius 3 is 3.15 bits per heavy atom. The van der Waals surface area contributed by atoms with Crippen LogP contribution in [0.4, 0.5) is 5.69 Å². The first kappa shape index (κ1) is 8.04. The average Bonchev–Trinajstić information content (AvgIpc) is 2.46. The highest BCUT2D eigenvalue weighted by molar-refractivity contribution is 5.73. The van der Waals surface area contributed by atoms with E-state index in [9.17, 15) is 0 Å². The molecule has 2 rings (SSSR count). The van der Waals surface area contributed by atoms with E-state index in [1.165, 1.54) is 0 Å². The minimum absolute atomic E-state index is 0.666. The summed E-state index contributed by atoms with van der Waals surface area (Å²) >= 11 is 0. The molecule has 4 nitrogen and oxygen atoms in total. The molecule has 2 heterocycles. The molecule has 2 aromatic heterocycles. The van der Waals surface area contributed by atoms with Crippen molar-refractivity contribution in [1.82, 2.24) is 15.0 Å². The highest BCUT2D eigenvalue weighted by Crippen LogP contribution is 2.12. The Bertz CT molecular complexity index is 418. The van der Waals surface area contributed by atoms with Crippen molar-refractivity contribution in [1.29, 1.82) is 0 Å². The van der Waals surface area contributed by atoms with Gasteiger partial charge in [-0.3, -0.25) is 0 Å². The zero-order chi connectivity index (χ0) is 9.26. The Hall–Kier alpha value is -1.58. The van der Waals surface area contributed by atoms with E-state index in [0.29, 0.717) is 5.69 Å². The highest BCUT2D eigenvalue weighted by atomic mass is 15.0. The van der Waals surface area contributed by atoms with E-state index in [2.05, 4.69) is 21.9 Å². The molecule has 0 amide bonds. The number of hydrogen-bond acceptors (Lipinski definition) is 3. The number of imidazole rings is 1. The maximum Gasteiger partial charge on any atom is 0.177 e. The summed E-state index contributed by atoms with van der Waals surface area (Å²) < 4.78 is 0. The van der Waals surface area contributed by atoms with Crippen LogP contribution in [0.1, 0.15) is 19.2 Å². The van der Waals surface area contributed by atoms with Gasteiger partial charge in [-0.1, -0.05) is 6.92 Å². The first-order valence-electron chi connectivity index (χ1n) is 4.39. The zero-order valence-corrected chi connectivity index (χ0v) is 7.54. The van der Waals surface area contributed by atoms with Crippen molar-refractivity contribution in [3.05, 3.63) is 18.1 Å². The van der Waals surface area contributed by atoms with Crippen LogP contribution in [0.25, 0.3) is 11.2 Å². The van der Waals surface area contributed by atoms with Crippen LogP contribution < -0.4 is 5.73 Å². The molecule has 3 N–H and O–H groups in total. The number of anilines is 1. The van der Waals surface area contributed by atoms with E-state index in [-0.39, 0.29) is 0 Å². The Kier molecular flexibility index (Phi) is 1.88. The van der Waals surface area contributed by atoms with Gasteiger partial charge in [0.15, 0.2) is 5.65 Å². The summed E-state index contributed by atoms with van der Waals surface area (Å²) in [4.78, 5) is 11.6. The number of nitrogens with zero attached hydrogens (tertiary/aromatic N) is 2. The van der Waals surface area contributed by atoms with Crippen molar-refractivity contribution >= 4 is 16.9 Å². The van der Waals surface area contributed by atoms with Gasteiger partial charge in [-0.15, -0.1) is 0 Å². The lowest BCUT2D eigenvalue weighted by Crippen LogP contribution is -1.85. The standard InChI is InChI=1S/C9H12N4/c1-2-3-8-12-7-4-6(10)5-11-9(7)13-8/h4-5H,2-3,10H2,1H3,(H,11,12,13). The summed E-state index contributed by atoms with van der Waals surface area (Å²) in [6, 6.07) is 1.86. The number of aryl methyl sites for hydroxylation is 1. The molecule has 68 valence electrons. The van der Waals surface area contributed by atoms with Gasteiger partial charge in [-0.2, -0.15) is 0 Å². The molecule has 0 aromatic carbocycles. The molecule has 0 spiro atoms. The third kappa shape index (κ3) is 1.47. The second kappa shape index (κ2) is 3.05. The van der Waals surface area contributed by atoms with Crippen molar-refractivity contribution in [2.24, 2.45) is 0 Å². The smallest absolute Gasteiger partial charge is 0.177 e. The topological polar surface area (TPSA) is 67.6 Å². The van der Waals surface area contributed by atoms with Crippen LogP contribution in [-0.4, -0.2) is 15.0 Å². The van der Waals surface area contributed by atoms with Crippen LogP contribution in [0.15, 0.2) is 12.3 Å². The first-order valence-corrected chi connectivity index (χ1v) is 4.39. The number of rotatable bonds is 2. The maximum atomic E-state index is 5.60. The van der Waals surface area contributed by atoms with Crippen LogP contribution in [0.3, 0.4) is 0 Å². The lowest BCUT2D eigenvalue weighted by Gasteiger charge is -1.89. The van der Waals surface area contributed by atoms with Crippen molar-refractivity contribution < 1.29 is 0 Å². The third-order valence-corrected chi connectivity index (χ3v) is 1.89.